The van der Waals surface area contributed by atoms with Gasteiger partial charge in [0, 0.05) is 23.5 Å². The minimum atomic E-state index is -1.28. The van der Waals surface area contributed by atoms with E-state index in [-0.39, 0.29) is 19.1 Å². The highest BCUT2D eigenvalue weighted by Gasteiger charge is 2.46. The number of carbonyl (C=O) groups excluding carboxylic acids is 4. The van der Waals surface area contributed by atoms with E-state index in [9.17, 15) is 19.2 Å². The topological polar surface area (TPSA) is 162 Å². The molecular weight excluding hydrogens is 566 g/mol. The molecule has 2 aliphatic heterocycles. The highest BCUT2D eigenvalue weighted by molar-refractivity contribution is 5.92. The number of aryl methyl sites for hydroxylation is 1. The van der Waals surface area contributed by atoms with Crippen LogP contribution in [0, 0.1) is 11.3 Å². The Bertz CT molecular complexity index is 1420. The summed E-state index contributed by atoms with van der Waals surface area (Å²) in [6.45, 7) is 4.71. The SMILES string of the molecule is CCc1ccc2ccc(/C=C/C3(C(=O)OC(C(=O)NC(C)C(=O)N4CCCC(C(N)=O)N4)C4CC4)COCCOC3)cc2n1. The van der Waals surface area contributed by atoms with Crippen molar-refractivity contribution in [3.8, 4) is 0 Å². The van der Waals surface area contributed by atoms with Crippen molar-refractivity contribution >= 4 is 40.7 Å². The minimum Gasteiger partial charge on any atom is -0.451 e. The number of nitrogens with zero attached hydrogens (tertiary/aromatic N) is 2. The van der Waals surface area contributed by atoms with Gasteiger partial charge in [-0.15, -0.1) is 0 Å². The number of rotatable bonds is 10. The minimum absolute atomic E-state index is 0.0314. The first kappa shape index (κ1) is 31.6. The largest absolute Gasteiger partial charge is 0.451 e. The second-order valence-corrected chi connectivity index (χ2v) is 11.8. The lowest BCUT2D eigenvalue weighted by Crippen LogP contribution is -2.60. The lowest BCUT2D eigenvalue weighted by Gasteiger charge is -2.34. The van der Waals surface area contributed by atoms with E-state index in [1.165, 1.54) is 5.01 Å². The monoisotopic (exact) mass is 607 g/mol. The number of nitrogens with two attached hydrogens (primary N) is 1. The van der Waals surface area contributed by atoms with E-state index in [0.717, 1.165) is 41.4 Å². The van der Waals surface area contributed by atoms with E-state index in [1.54, 1.807) is 13.0 Å². The highest BCUT2D eigenvalue weighted by atomic mass is 16.6. The molecule has 4 N–H and O–H groups in total. The van der Waals surface area contributed by atoms with Crippen LogP contribution >= 0.6 is 0 Å². The van der Waals surface area contributed by atoms with Crippen LogP contribution in [0.15, 0.2) is 36.4 Å². The Morgan fingerprint density at radius 1 is 1.16 bits per heavy atom. The molecule has 1 aromatic carbocycles. The number of fused-ring (bicyclic) bond motifs is 1. The maximum absolute atomic E-state index is 13.8. The maximum Gasteiger partial charge on any atom is 0.321 e. The third kappa shape index (κ3) is 7.43. The molecular formula is C32H41N5O7. The number of ether oxygens (including phenoxy) is 3. The fourth-order valence-corrected chi connectivity index (χ4v) is 5.42. The van der Waals surface area contributed by atoms with Gasteiger partial charge in [0.05, 0.1) is 31.9 Å². The van der Waals surface area contributed by atoms with Crippen molar-refractivity contribution in [2.75, 3.05) is 33.0 Å². The van der Waals surface area contributed by atoms with E-state index in [1.807, 2.05) is 36.4 Å². The molecule has 2 aromatic rings. The van der Waals surface area contributed by atoms with Crippen molar-refractivity contribution in [2.24, 2.45) is 17.1 Å². The fraction of sp³-hybridized carbons (Fsp3) is 0.531. The number of benzene rings is 1. The van der Waals surface area contributed by atoms with Crippen LogP contribution in [-0.4, -0.2) is 84.8 Å². The molecule has 236 valence electrons. The summed E-state index contributed by atoms with van der Waals surface area (Å²) in [7, 11) is 0. The average Bonchev–Trinajstić information content (AvgIpc) is 3.90. The molecule has 3 unspecified atom stereocenters. The number of hydrogen-bond acceptors (Lipinski definition) is 9. The van der Waals surface area contributed by atoms with Crippen LogP contribution in [0.1, 0.15) is 50.8 Å². The van der Waals surface area contributed by atoms with Crippen molar-refractivity contribution in [1.82, 2.24) is 20.7 Å². The molecule has 1 saturated carbocycles. The number of esters is 1. The van der Waals surface area contributed by atoms with Crippen LogP contribution in [0.5, 0.6) is 0 Å². The van der Waals surface area contributed by atoms with Gasteiger partial charge in [0.1, 0.15) is 17.5 Å². The molecule has 2 saturated heterocycles. The van der Waals surface area contributed by atoms with Gasteiger partial charge in [-0.05, 0) is 56.7 Å². The first-order chi connectivity index (χ1) is 21.2. The first-order valence-corrected chi connectivity index (χ1v) is 15.3. The van der Waals surface area contributed by atoms with Gasteiger partial charge in [0.2, 0.25) is 5.91 Å². The summed E-state index contributed by atoms with van der Waals surface area (Å²) in [6.07, 6.45) is 5.89. The molecule has 12 nitrogen and oxygen atoms in total. The number of hydrazine groups is 1. The molecule has 0 spiro atoms. The van der Waals surface area contributed by atoms with E-state index < -0.39 is 47.3 Å². The third-order valence-corrected chi connectivity index (χ3v) is 8.30. The van der Waals surface area contributed by atoms with Gasteiger partial charge in [0.15, 0.2) is 6.10 Å². The van der Waals surface area contributed by atoms with Gasteiger partial charge >= 0.3 is 5.97 Å². The van der Waals surface area contributed by atoms with Gasteiger partial charge in [-0.25, -0.2) is 5.43 Å². The Morgan fingerprint density at radius 3 is 2.57 bits per heavy atom. The molecule has 12 heteroatoms. The summed E-state index contributed by atoms with van der Waals surface area (Å²) < 4.78 is 17.4. The number of nitrogens with one attached hydrogen (secondary N) is 2. The number of carbonyl (C=O) groups is 4. The molecule has 0 bridgehead atoms. The molecule has 3 fully saturated rings. The van der Waals surface area contributed by atoms with Crippen molar-refractivity contribution in [3.63, 3.8) is 0 Å². The normalized spacial score (nSPS) is 21.8. The van der Waals surface area contributed by atoms with Crippen molar-refractivity contribution in [3.05, 3.63) is 47.7 Å². The lowest BCUT2D eigenvalue weighted by atomic mass is 9.88. The Balaban J connectivity index is 1.30. The summed E-state index contributed by atoms with van der Waals surface area (Å²) in [5.41, 5.74) is 9.65. The fourth-order valence-electron chi connectivity index (χ4n) is 5.42. The summed E-state index contributed by atoms with van der Waals surface area (Å²) in [5.74, 6) is -2.28. The van der Waals surface area contributed by atoms with Crippen LogP contribution < -0.4 is 16.5 Å². The summed E-state index contributed by atoms with van der Waals surface area (Å²) in [6, 6.07) is 8.37. The maximum atomic E-state index is 13.8. The molecule has 3 atom stereocenters. The Kier molecular flexibility index (Phi) is 9.92. The predicted octanol–water partition coefficient (Wildman–Crippen LogP) is 1.65. The number of amides is 3. The van der Waals surface area contributed by atoms with E-state index in [2.05, 4.69) is 17.7 Å². The van der Waals surface area contributed by atoms with Gasteiger partial charge in [-0.2, -0.15) is 0 Å². The highest BCUT2D eigenvalue weighted by Crippen LogP contribution is 2.37. The predicted molar refractivity (Wildman–Crippen MR) is 161 cm³/mol. The second kappa shape index (κ2) is 13.8. The van der Waals surface area contributed by atoms with E-state index in [4.69, 9.17) is 24.9 Å². The van der Waals surface area contributed by atoms with Gasteiger partial charge in [0.25, 0.3) is 11.8 Å². The lowest BCUT2D eigenvalue weighted by molar-refractivity contribution is -0.169. The van der Waals surface area contributed by atoms with Crippen molar-refractivity contribution in [1.29, 1.82) is 0 Å². The Hall–Kier alpha value is -3.87. The average molecular weight is 608 g/mol. The molecule has 1 aliphatic carbocycles. The quantitative estimate of drug-likeness (QED) is 0.341. The van der Waals surface area contributed by atoms with Gasteiger partial charge < -0.3 is 25.3 Å². The molecule has 3 aliphatic rings. The van der Waals surface area contributed by atoms with E-state index in [0.29, 0.717) is 32.6 Å². The molecule has 1 aromatic heterocycles. The summed E-state index contributed by atoms with van der Waals surface area (Å²) >= 11 is 0. The van der Waals surface area contributed by atoms with Crippen LogP contribution in [0.2, 0.25) is 0 Å². The Morgan fingerprint density at radius 2 is 1.89 bits per heavy atom. The zero-order chi connectivity index (χ0) is 31.3. The number of aromatic nitrogens is 1. The summed E-state index contributed by atoms with van der Waals surface area (Å²) in [5, 5.41) is 5.04. The van der Waals surface area contributed by atoms with Crippen LogP contribution in [0.4, 0.5) is 0 Å². The molecule has 0 radical (unpaired) electrons. The standard InChI is InChI=1S/C32H41N5O7/c1-3-24-11-10-22-7-6-21(17-26(22)35-24)12-13-32(18-42-15-16-43-19-32)31(41)44-27(23-8-9-23)29(39)34-20(2)30(40)37-14-4-5-25(36-37)28(33)38/h6-7,10-13,17,20,23,25,27,36H,3-5,8-9,14-16,18-19H2,1-2H3,(H2,33,38)(H,34,39)/b13-12+. The molecule has 3 amide bonds. The Labute approximate surface area is 256 Å². The smallest absolute Gasteiger partial charge is 0.321 e. The zero-order valence-electron chi connectivity index (χ0n) is 25.3. The first-order valence-electron chi connectivity index (χ1n) is 15.3. The van der Waals surface area contributed by atoms with Crippen molar-refractivity contribution < 1.29 is 33.4 Å². The number of hydrogen-bond donors (Lipinski definition) is 3. The van der Waals surface area contributed by atoms with Crippen molar-refractivity contribution in [2.45, 2.75) is 64.1 Å². The van der Waals surface area contributed by atoms with Gasteiger partial charge in [-0.1, -0.05) is 37.3 Å². The number of primary amides is 1. The van der Waals surface area contributed by atoms with Gasteiger partial charge in [-0.3, -0.25) is 29.2 Å². The van der Waals surface area contributed by atoms with Crippen LogP contribution in [-0.2, 0) is 39.8 Å². The van der Waals surface area contributed by atoms with Crippen LogP contribution in [0.3, 0.4) is 0 Å². The van der Waals surface area contributed by atoms with Crippen LogP contribution in [0.25, 0.3) is 17.0 Å². The number of pyridine rings is 1. The zero-order valence-corrected chi connectivity index (χ0v) is 25.3. The molecule has 5 rings (SSSR count). The second-order valence-electron chi connectivity index (χ2n) is 11.8. The molecule has 44 heavy (non-hydrogen) atoms. The molecule has 3 heterocycles. The summed E-state index contributed by atoms with van der Waals surface area (Å²) in [4.78, 5) is 56.6. The third-order valence-electron chi connectivity index (χ3n) is 8.30. The van der Waals surface area contributed by atoms with E-state index >= 15 is 0 Å².